The molecule has 1 aromatic heterocycles. The molecule has 18 heavy (non-hydrogen) atoms. The summed E-state index contributed by atoms with van der Waals surface area (Å²) in [5.74, 6) is 0.373. The summed E-state index contributed by atoms with van der Waals surface area (Å²) in [6.07, 6.45) is 6.86. The minimum Gasteiger partial charge on any atom is -0.292 e. The second-order valence-corrected chi connectivity index (χ2v) is 5.53. The summed E-state index contributed by atoms with van der Waals surface area (Å²) in [6.45, 7) is 7.15. The zero-order valence-electron chi connectivity index (χ0n) is 11.6. The first-order chi connectivity index (χ1) is 8.65. The number of aryl methyl sites for hydroxylation is 1. The number of carbonyl (C=O) groups is 1. The molecular weight excluding hydrogens is 292 g/mol. The summed E-state index contributed by atoms with van der Waals surface area (Å²) in [5, 5.41) is 4.27. The minimum atomic E-state index is 0.133. The molecule has 0 aliphatic heterocycles. The second-order valence-electron chi connectivity index (χ2n) is 4.68. The van der Waals surface area contributed by atoms with Crippen molar-refractivity contribution >= 4 is 21.7 Å². The van der Waals surface area contributed by atoms with Crippen LogP contribution in [0.3, 0.4) is 0 Å². The number of nitrogens with zero attached hydrogens (tertiary/aromatic N) is 2. The van der Waals surface area contributed by atoms with E-state index in [0.717, 1.165) is 48.8 Å². The van der Waals surface area contributed by atoms with Crippen LogP contribution in [0.25, 0.3) is 0 Å². The molecule has 0 aliphatic carbocycles. The molecule has 0 radical (unpaired) electrons. The van der Waals surface area contributed by atoms with E-state index in [1.165, 1.54) is 0 Å². The summed E-state index contributed by atoms with van der Waals surface area (Å²) in [7, 11) is 0. The van der Waals surface area contributed by atoms with E-state index in [9.17, 15) is 4.79 Å². The maximum absolute atomic E-state index is 12.6. The van der Waals surface area contributed by atoms with Gasteiger partial charge in [0.15, 0.2) is 5.78 Å². The summed E-state index contributed by atoms with van der Waals surface area (Å²) in [5.41, 5.74) is 0.750. The molecule has 1 aromatic rings. The topological polar surface area (TPSA) is 34.9 Å². The first-order valence-electron chi connectivity index (χ1n) is 6.91. The molecule has 0 saturated heterocycles. The van der Waals surface area contributed by atoms with Gasteiger partial charge in [0.1, 0.15) is 5.69 Å². The van der Waals surface area contributed by atoms with Gasteiger partial charge < -0.3 is 0 Å². The van der Waals surface area contributed by atoms with Crippen LogP contribution in [0.2, 0.25) is 0 Å². The summed E-state index contributed by atoms with van der Waals surface area (Å²) in [4.78, 5) is 12.6. The molecule has 1 atom stereocenters. The molecule has 102 valence electrons. The van der Waals surface area contributed by atoms with Crippen LogP contribution in [-0.4, -0.2) is 15.6 Å². The van der Waals surface area contributed by atoms with Crippen LogP contribution in [0, 0.1) is 5.92 Å². The Bertz CT molecular complexity index is 387. The van der Waals surface area contributed by atoms with Crippen molar-refractivity contribution in [1.29, 1.82) is 0 Å². The lowest BCUT2D eigenvalue weighted by Crippen LogP contribution is -2.19. The number of aromatic nitrogens is 2. The molecule has 4 heteroatoms. The Morgan fingerprint density at radius 2 is 2.11 bits per heavy atom. The predicted octanol–water partition coefficient (Wildman–Crippen LogP) is 4.45. The first kappa shape index (κ1) is 15.4. The van der Waals surface area contributed by atoms with E-state index in [0.29, 0.717) is 0 Å². The molecule has 1 heterocycles. The average Bonchev–Trinajstić information content (AvgIpc) is 2.72. The number of halogens is 1. The molecule has 0 fully saturated rings. The lowest BCUT2D eigenvalue weighted by atomic mass is 9.93. The van der Waals surface area contributed by atoms with Gasteiger partial charge in [0, 0.05) is 12.5 Å². The number of Topliss-reactive ketones (excluding diaryl/α,β-unsaturated/α-hetero) is 1. The third-order valence-electron chi connectivity index (χ3n) is 3.23. The molecular formula is C14H23BrN2O. The zero-order chi connectivity index (χ0) is 13.5. The molecule has 3 nitrogen and oxygen atoms in total. The molecule has 0 aromatic carbocycles. The third-order valence-corrected chi connectivity index (χ3v) is 3.81. The highest BCUT2D eigenvalue weighted by Crippen LogP contribution is 2.24. The van der Waals surface area contributed by atoms with Crippen LogP contribution in [0.4, 0.5) is 0 Å². The van der Waals surface area contributed by atoms with Crippen molar-refractivity contribution in [2.75, 3.05) is 0 Å². The number of rotatable bonds is 8. The fourth-order valence-electron chi connectivity index (χ4n) is 2.15. The smallest absolute Gasteiger partial charge is 0.185 e. The Morgan fingerprint density at radius 3 is 2.67 bits per heavy atom. The summed E-state index contributed by atoms with van der Waals surface area (Å²) < 4.78 is 2.66. The number of hydrogen-bond donors (Lipinski definition) is 0. The van der Waals surface area contributed by atoms with Gasteiger partial charge in [-0.2, -0.15) is 5.10 Å². The fraction of sp³-hybridized carbons (Fsp3) is 0.714. The maximum Gasteiger partial charge on any atom is 0.185 e. The minimum absolute atomic E-state index is 0.133. The summed E-state index contributed by atoms with van der Waals surface area (Å²) in [6, 6.07) is 0. The van der Waals surface area contributed by atoms with Gasteiger partial charge in [-0.1, -0.05) is 33.6 Å². The standard InChI is InChI=1S/C14H23BrN2O/c1-4-7-8-11(6-3)14(18)13-12(15)10-16-17(13)9-5-2/h10-11H,4-9H2,1-3H3. The Hall–Kier alpha value is -0.640. The van der Waals surface area contributed by atoms with Crippen LogP contribution >= 0.6 is 15.9 Å². The predicted molar refractivity (Wildman–Crippen MR) is 77.9 cm³/mol. The number of unbranched alkanes of at least 4 members (excludes halogenated alkanes) is 1. The Balaban J connectivity index is 2.89. The first-order valence-corrected chi connectivity index (χ1v) is 7.70. The SMILES string of the molecule is CCCCC(CC)C(=O)c1c(Br)cnn1CCC. The maximum atomic E-state index is 12.6. The van der Waals surface area contributed by atoms with E-state index in [1.807, 2.05) is 4.68 Å². The van der Waals surface area contributed by atoms with Crippen molar-refractivity contribution in [2.45, 2.75) is 59.4 Å². The van der Waals surface area contributed by atoms with Crippen LogP contribution < -0.4 is 0 Å². The molecule has 0 N–H and O–H groups in total. The molecule has 1 unspecified atom stereocenters. The fourth-order valence-corrected chi connectivity index (χ4v) is 2.64. The molecule has 0 amide bonds. The molecule has 1 rings (SSSR count). The van der Waals surface area contributed by atoms with Gasteiger partial charge >= 0.3 is 0 Å². The Labute approximate surface area is 118 Å². The van der Waals surface area contributed by atoms with Crippen LogP contribution in [-0.2, 0) is 6.54 Å². The Kier molecular flexibility index (Phi) is 6.61. The second kappa shape index (κ2) is 7.72. The number of ketones is 1. The van der Waals surface area contributed by atoms with E-state index < -0.39 is 0 Å². The van der Waals surface area contributed by atoms with Crippen molar-refractivity contribution in [3.05, 3.63) is 16.4 Å². The highest BCUT2D eigenvalue weighted by atomic mass is 79.9. The van der Waals surface area contributed by atoms with Crippen LogP contribution in [0.15, 0.2) is 10.7 Å². The number of carbonyl (C=O) groups excluding carboxylic acids is 1. The largest absolute Gasteiger partial charge is 0.292 e. The monoisotopic (exact) mass is 314 g/mol. The van der Waals surface area contributed by atoms with Gasteiger partial charge in [0.25, 0.3) is 0 Å². The van der Waals surface area contributed by atoms with Gasteiger partial charge in [-0.25, -0.2) is 0 Å². The van der Waals surface area contributed by atoms with Crippen molar-refractivity contribution in [1.82, 2.24) is 9.78 Å². The highest BCUT2D eigenvalue weighted by Gasteiger charge is 2.23. The normalized spacial score (nSPS) is 12.7. The van der Waals surface area contributed by atoms with Gasteiger partial charge in [0.2, 0.25) is 0 Å². The molecule has 0 saturated carbocycles. The lowest BCUT2D eigenvalue weighted by Gasteiger charge is -2.14. The van der Waals surface area contributed by atoms with E-state index in [4.69, 9.17) is 0 Å². The zero-order valence-corrected chi connectivity index (χ0v) is 13.2. The van der Waals surface area contributed by atoms with E-state index in [1.54, 1.807) is 6.20 Å². The van der Waals surface area contributed by atoms with Crippen molar-refractivity contribution in [3.63, 3.8) is 0 Å². The average molecular weight is 315 g/mol. The van der Waals surface area contributed by atoms with E-state index in [2.05, 4.69) is 41.8 Å². The van der Waals surface area contributed by atoms with Crippen LogP contribution in [0.1, 0.15) is 63.4 Å². The summed E-state index contributed by atoms with van der Waals surface area (Å²) >= 11 is 3.45. The Morgan fingerprint density at radius 1 is 1.39 bits per heavy atom. The third kappa shape index (κ3) is 3.67. The van der Waals surface area contributed by atoms with Gasteiger partial charge in [-0.3, -0.25) is 9.48 Å². The van der Waals surface area contributed by atoms with Crippen molar-refractivity contribution in [2.24, 2.45) is 5.92 Å². The lowest BCUT2D eigenvalue weighted by molar-refractivity contribution is 0.0896. The van der Waals surface area contributed by atoms with Gasteiger partial charge in [-0.15, -0.1) is 0 Å². The van der Waals surface area contributed by atoms with Gasteiger partial charge in [-0.05, 0) is 35.2 Å². The quantitative estimate of drug-likeness (QED) is 0.664. The molecule has 0 aliphatic rings. The van der Waals surface area contributed by atoms with Gasteiger partial charge in [0.05, 0.1) is 10.7 Å². The molecule has 0 bridgehead atoms. The molecule has 0 spiro atoms. The van der Waals surface area contributed by atoms with E-state index >= 15 is 0 Å². The van der Waals surface area contributed by atoms with E-state index in [-0.39, 0.29) is 11.7 Å². The van der Waals surface area contributed by atoms with Crippen LogP contribution in [0.5, 0.6) is 0 Å². The van der Waals surface area contributed by atoms with Crippen molar-refractivity contribution < 1.29 is 4.79 Å². The van der Waals surface area contributed by atoms with Crippen molar-refractivity contribution in [3.8, 4) is 0 Å². The number of hydrogen-bond acceptors (Lipinski definition) is 2. The highest BCUT2D eigenvalue weighted by molar-refractivity contribution is 9.10.